The van der Waals surface area contributed by atoms with E-state index in [1.807, 2.05) is 0 Å². The van der Waals surface area contributed by atoms with Crippen LogP contribution in [0.4, 0.5) is 39.9 Å². The number of halogens is 8. The summed E-state index contributed by atoms with van der Waals surface area (Å²) in [6, 6.07) is 5.17. The molecule has 0 bridgehead atoms. The summed E-state index contributed by atoms with van der Waals surface area (Å²) >= 11 is 0. The molecule has 4 aromatic rings. The lowest BCUT2D eigenvalue weighted by Crippen LogP contribution is -2.37. The van der Waals surface area contributed by atoms with Gasteiger partial charge in [-0.15, -0.1) is 0 Å². The van der Waals surface area contributed by atoms with Crippen molar-refractivity contribution >= 4 is 11.9 Å². The molecule has 2 heterocycles. The number of nitrogens with two attached hydrogens (primary N) is 1. The number of aromatic nitrogens is 3. The molecular weight excluding hydrogens is 678 g/mol. The lowest BCUT2D eigenvalue weighted by atomic mass is 9.94. The van der Waals surface area contributed by atoms with Crippen LogP contribution >= 0.6 is 0 Å². The van der Waals surface area contributed by atoms with Gasteiger partial charge >= 0.3 is 12.2 Å². The summed E-state index contributed by atoms with van der Waals surface area (Å²) in [5, 5.41) is 15.7. The Morgan fingerprint density at radius 1 is 1.08 bits per heavy atom. The number of fused-ring (bicyclic) bond motifs is 3. The SMILES string of the molecule is CC(C)(O)C#Cc1ccc(-c2ccc(F)c(C(N)=O)c2)c(C(Cc2cc(F)cc(F)c2)NC(=O)n2nc(C(F)(F)F)c3c2C(F)(F)C2CC32)n1. The number of carbonyl (C=O) groups is 2. The smallest absolute Gasteiger partial charge is 0.378 e. The molecule has 2 aromatic carbocycles. The number of nitrogens with zero attached hydrogens (tertiary/aromatic N) is 3. The van der Waals surface area contributed by atoms with Crippen LogP contribution in [0.1, 0.15) is 76.5 Å². The van der Waals surface area contributed by atoms with E-state index in [1.54, 1.807) is 0 Å². The Morgan fingerprint density at radius 2 is 1.76 bits per heavy atom. The first-order chi connectivity index (χ1) is 23.2. The first-order valence-electron chi connectivity index (χ1n) is 14.9. The highest BCUT2D eigenvalue weighted by Crippen LogP contribution is 2.68. The molecule has 0 radical (unpaired) electrons. The van der Waals surface area contributed by atoms with Gasteiger partial charge in [0.2, 0.25) is 0 Å². The number of alkyl halides is 5. The molecule has 2 amide bonds. The van der Waals surface area contributed by atoms with E-state index in [4.69, 9.17) is 5.73 Å². The maximum atomic E-state index is 15.3. The minimum atomic E-state index is -5.18. The molecule has 2 aromatic heterocycles. The van der Waals surface area contributed by atoms with Crippen molar-refractivity contribution in [1.29, 1.82) is 0 Å². The van der Waals surface area contributed by atoms with E-state index in [0.29, 0.717) is 6.07 Å². The lowest BCUT2D eigenvalue weighted by molar-refractivity contribution is -0.142. The first-order valence-corrected chi connectivity index (χ1v) is 14.9. The van der Waals surface area contributed by atoms with Crippen LogP contribution in [0.3, 0.4) is 0 Å². The largest absolute Gasteiger partial charge is 0.435 e. The number of carbonyl (C=O) groups excluding carboxylic acids is 2. The summed E-state index contributed by atoms with van der Waals surface area (Å²) in [7, 11) is 0. The molecule has 3 unspecified atom stereocenters. The molecule has 8 nitrogen and oxygen atoms in total. The zero-order chi connectivity index (χ0) is 36.5. The second-order valence-electron chi connectivity index (χ2n) is 12.6. The summed E-state index contributed by atoms with van der Waals surface area (Å²) in [4.78, 5) is 30.2. The molecule has 0 aliphatic heterocycles. The Hall–Kier alpha value is -5.30. The standard InChI is InChI=1S/C34H25F8N5O3/c1-32(2,50)8-7-19-4-5-20(16-3-6-24(37)22(12-16)30(43)48)27(44-19)25(11-15-9-17(35)13-18(36)10-15)45-31(49)47-29-26(28(46-47)34(40,41)42)21-14-23(21)33(29,38)39/h3-6,9-10,12-13,21,23,25,50H,11,14H2,1-2H3,(H2,43,48)(H,45,49). The normalized spacial score (nSPS) is 18.1. The number of hydrogen-bond donors (Lipinski definition) is 3. The summed E-state index contributed by atoms with van der Waals surface area (Å²) in [5.74, 6) is -5.44. The van der Waals surface area contributed by atoms with Gasteiger partial charge in [0.1, 0.15) is 34.4 Å². The molecule has 2 aliphatic carbocycles. The lowest BCUT2D eigenvalue weighted by Gasteiger charge is -2.23. The summed E-state index contributed by atoms with van der Waals surface area (Å²) in [6.07, 6.45) is -5.92. The molecule has 3 atom stereocenters. The maximum Gasteiger partial charge on any atom is 0.435 e. The second kappa shape index (κ2) is 11.9. The number of rotatable bonds is 6. The summed E-state index contributed by atoms with van der Waals surface area (Å²) < 4.78 is 116. The highest BCUT2D eigenvalue weighted by Gasteiger charge is 2.68. The van der Waals surface area contributed by atoms with Crippen molar-refractivity contribution < 1.29 is 49.8 Å². The van der Waals surface area contributed by atoms with Crippen molar-refractivity contribution in [2.75, 3.05) is 0 Å². The highest BCUT2D eigenvalue weighted by molar-refractivity contribution is 5.94. The Labute approximate surface area is 278 Å². The minimum absolute atomic E-state index is 0.0428. The van der Waals surface area contributed by atoms with E-state index in [2.05, 4.69) is 27.2 Å². The fourth-order valence-corrected chi connectivity index (χ4v) is 6.09. The van der Waals surface area contributed by atoms with Crippen LogP contribution < -0.4 is 11.1 Å². The number of hydrogen-bond acceptors (Lipinski definition) is 5. The van der Waals surface area contributed by atoms with Crippen LogP contribution in [0, 0.1) is 35.2 Å². The number of primary amides is 1. The molecule has 0 saturated heterocycles. The van der Waals surface area contributed by atoms with Gasteiger partial charge < -0.3 is 16.2 Å². The van der Waals surface area contributed by atoms with Gasteiger partial charge in [0, 0.05) is 23.1 Å². The number of pyridine rings is 1. The fourth-order valence-electron chi connectivity index (χ4n) is 6.09. The molecule has 50 heavy (non-hydrogen) atoms. The van der Waals surface area contributed by atoms with Crippen LogP contribution in [0.15, 0.2) is 48.5 Å². The number of amides is 2. The van der Waals surface area contributed by atoms with Crippen molar-refractivity contribution in [2.45, 2.75) is 56.3 Å². The second-order valence-corrected chi connectivity index (χ2v) is 12.6. The quantitative estimate of drug-likeness (QED) is 0.160. The van der Waals surface area contributed by atoms with E-state index < -0.39 is 93.9 Å². The van der Waals surface area contributed by atoms with Gasteiger partial charge in [-0.25, -0.2) is 22.9 Å². The van der Waals surface area contributed by atoms with Crippen LogP contribution in [0.25, 0.3) is 11.1 Å². The zero-order valence-corrected chi connectivity index (χ0v) is 26.0. The maximum absolute atomic E-state index is 15.3. The molecular formula is C34H25F8N5O3. The molecule has 260 valence electrons. The van der Waals surface area contributed by atoms with Crippen LogP contribution in [0.5, 0.6) is 0 Å². The van der Waals surface area contributed by atoms with E-state index in [1.165, 1.54) is 32.0 Å². The van der Waals surface area contributed by atoms with Gasteiger partial charge in [0.25, 0.3) is 11.8 Å². The Morgan fingerprint density at radius 3 is 2.38 bits per heavy atom. The van der Waals surface area contributed by atoms with Crippen molar-refractivity contribution in [2.24, 2.45) is 11.7 Å². The molecule has 6 rings (SSSR count). The number of aliphatic hydroxyl groups is 1. The average Bonchev–Trinajstić information content (AvgIpc) is 3.64. The molecule has 0 spiro atoms. The fraction of sp³-hybridized carbons (Fsp3) is 0.294. The minimum Gasteiger partial charge on any atom is -0.378 e. The van der Waals surface area contributed by atoms with E-state index in [-0.39, 0.29) is 39.2 Å². The first kappa shape index (κ1) is 34.6. The Kier molecular flexibility index (Phi) is 8.25. The molecule has 1 saturated carbocycles. The van der Waals surface area contributed by atoms with Gasteiger partial charge in [0.05, 0.1) is 17.3 Å². The molecule has 16 heteroatoms. The zero-order valence-electron chi connectivity index (χ0n) is 26.0. The van der Waals surface area contributed by atoms with Crippen molar-refractivity contribution in [3.63, 3.8) is 0 Å². The topological polar surface area (TPSA) is 123 Å². The summed E-state index contributed by atoms with van der Waals surface area (Å²) in [5.41, 5.74) is -0.563. The van der Waals surface area contributed by atoms with Gasteiger partial charge in [-0.05, 0) is 86.1 Å². The van der Waals surface area contributed by atoms with E-state index >= 15 is 8.78 Å². The van der Waals surface area contributed by atoms with Gasteiger partial charge in [-0.1, -0.05) is 12.0 Å². The molecule has 1 fully saturated rings. The third-order valence-corrected chi connectivity index (χ3v) is 8.28. The van der Waals surface area contributed by atoms with Crippen LogP contribution in [0.2, 0.25) is 0 Å². The number of benzene rings is 2. The van der Waals surface area contributed by atoms with E-state index in [0.717, 1.165) is 24.3 Å². The predicted octanol–water partition coefficient (Wildman–Crippen LogP) is 6.35. The van der Waals surface area contributed by atoms with Gasteiger partial charge in [-0.2, -0.15) is 31.7 Å². The monoisotopic (exact) mass is 703 g/mol. The third-order valence-electron chi connectivity index (χ3n) is 8.28. The van der Waals surface area contributed by atoms with E-state index in [9.17, 15) is 41.0 Å². The van der Waals surface area contributed by atoms with Crippen molar-refractivity contribution in [1.82, 2.24) is 20.1 Å². The van der Waals surface area contributed by atoms with Gasteiger partial charge in [-0.3, -0.25) is 4.79 Å². The van der Waals surface area contributed by atoms with Crippen molar-refractivity contribution in [3.8, 4) is 23.0 Å². The Balaban J connectivity index is 1.53. The van der Waals surface area contributed by atoms with Crippen LogP contribution in [-0.2, 0) is 18.5 Å². The van der Waals surface area contributed by atoms with Crippen molar-refractivity contribution in [3.05, 3.63) is 105 Å². The Bertz CT molecular complexity index is 2110. The average molecular weight is 704 g/mol. The predicted molar refractivity (Wildman–Crippen MR) is 160 cm³/mol. The third kappa shape index (κ3) is 6.52. The highest BCUT2D eigenvalue weighted by atomic mass is 19.4. The molecule has 4 N–H and O–H groups in total. The van der Waals surface area contributed by atoms with Gasteiger partial charge in [0.15, 0.2) is 5.69 Å². The molecule has 2 aliphatic rings. The van der Waals surface area contributed by atoms with Crippen LogP contribution in [-0.4, -0.2) is 37.4 Å². The number of nitrogens with one attached hydrogen (secondary N) is 1. The summed E-state index contributed by atoms with van der Waals surface area (Å²) in [6.45, 7) is 2.75.